The average molecular weight is 556 g/mol. The summed E-state index contributed by atoms with van der Waals surface area (Å²) in [6.45, 7) is -0.0155. The van der Waals surface area contributed by atoms with Gasteiger partial charge in [-0.25, -0.2) is 18.1 Å². The predicted octanol–water partition coefficient (Wildman–Crippen LogP) is -1.95. The first kappa shape index (κ1) is 28.9. The standard InChI is InChI=1S/C13H20FN2O15P3/c1-2-4-13(20)9(18)12(6-14,29-10(13)16-5-3-8(17)15-11(16)19)7-28-33(24,25)31-34(26,27)30-32(21,22)23/h3-5,9-11,18-20H,1,6-7H2,(H,15,17)(H,24,25)(H,26,27)(H2,21,22,23). The van der Waals surface area contributed by atoms with Crippen molar-refractivity contribution in [2.24, 2.45) is 0 Å². The van der Waals surface area contributed by atoms with Crippen LogP contribution in [-0.4, -0.2) is 88.9 Å². The summed E-state index contributed by atoms with van der Waals surface area (Å²) in [7, 11) is -17.3. The molecule has 8 N–H and O–H groups in total. The Hall–Kier alpha value is -1.29. The first-order valence-corrected chi connectivity index (χ1v) is 13.2. The third kappa shape index (κ3) is 6.47. The molecular weight excluding hydrogens is 536 g/mol. The third-order valence-electron chi connectivity index (χ3n) is 4.35. The Morgan fingerprint density at radius 1 is 1.24 bits per heavy atom. The van der Waals surface area contributed by atoms with E-state index >= 15 is 0 Å². The van der Waals surface area contributed by atoms with E-state index < -0.39 is 72.5 Å². The Bertz CT molecular complexity index is 1030. The zero-order chi connectivity index (χ0) is 26.2. The Morgan fingerprint density at radius 2 is 1.85 bits per heavy atom. The van der Waals surface area contributed by atoms with Gasteiger partial charge in [0.05, 0.1) is 6.61 Å². The second-order valence-electron chi connectivity index (χ2n) is 6.82. The molecule has 0 aromatic carbocycles. The molecule has 0 aromatic rings. The van der Waals surface area contributed by atoms with E-state index in [0.29, 0.717) is 6.08 Å². The largest absolute Gasteiger partial charge is 0.490 e. The van der Waals surface area contributed by atoms with E-state index in [1.165, 1.54) is 0 Å². The van der Waals surface area contributed by atoms with E-state index in [0.717, 1.165) is 17.2 Å². The van der Waals surface area contributed by atoms with E-state index in [-0.39, 0.29) is 0 Å². The van der Waals surface area contributed by atoms with Crippen molar-refractivity contribution in [1.29, 1.82) is 0 Å². The van der Waals surface area contributed by atoms with Gasteiger partial charge >= 0.3 is 23.5 Å². The van der Waals surface area contributed by atoms with Crippen LogP contribution >= 0.6 is 23.5 Å². The Balaban J connectivity index is 2.32. The van der Waals surface area contributed by atoms with Gasteiger partial charge < -0.3 is 49.8 Å². The molecule has 0 spiro atoms. The summed E-state index contributed by atoms with van der Waals surface area (Å²) in [5.41, 5.74) is -3.23. The fourth-order valence-electron chi connectivity index (χ4n) is 2.99. The smallest absolute Gasteiger partial charge is 0.386 e. The number of aliphatic hydroxyl groups is 3. The molecule has 1 amide bonds. The predicted molar refractivity (Wildman–Crippen MR) is 103 cm³/mol. The van der Waals surface area contributed by atoms with Gasteiger partial charge in [0.15, 0.2) is 17.4 Å². The number of carbonyl (C=O) groups excluding carboxylic acids is 1. The first-order chi connectivity index (χ1) is 15.4. The number of ether oxygens (including phenoxy) is 1. The highest BCUT2D eigenvalue weighted by Gasteiger charge is 2.65. The number of hydrogen-bond donors (Lipinski definition) is 8. The lowest BCUT2D eigenvalue weighted by atomic mass is 9.86. The second kappa shape index (κ2) is 9.99. The van der Waals surface area contributed by atoms with Gasteiger partial charge in [-0.2, -0.15) is 8.62 Å². The molecule has 0 aliphatic carbocycles. The number of alkyl halides is 1. The maximum absolute atomic E-state index is 14.1. The number of nitrogens with zero attached hydrogens (tertiary/aromatic N) is 1. The minimum Gasteiger partial charge on any atom is -0.386 e. The molecule has 17 nitrogen and oxygen atoms in total. The van der Waals surface area contributed by atoms with E-state index in [1.807, 2.05) is 5.32 Å². The molecule has 7 unspecified atom stereocenters. The molecule has 2 heterocycles. The number of carbonyl (C=O) groups is 1. The highest BCUT2D eigenvalue weighted by molar-refractivity contribution is 7.66. The average Bonchev–Trinajstić information content (AvgIpc) is 2.86. The van der Waals surface area contributed by atoms with Gasteiger partial charge in [-0.15, -0.1) is 5.73 Å². The minimum atomic E-state index is -5.89. The van der Waals surface area contributed by atoms with Crippen LogP contribution < -0.4 is 5.32 Å². The van der Waals surface area contributed by atoms with E-state index in [2.05, 4.69) is 25.5 Å². The van der Waals surface area contributed by atoms with E-state index in [9.17, 15) is 48.0 Å². The molecule has 21 heteroatoms. The fourth-order valence-corrected chi connectivity index (χ4v) is 6.07. The van der Waals surface area contributed by atoms with Gasteiger partial charge in [-0.3, -0.25) is 9.32 Å². The van der Waals surface area contributed by atoms with Crippen LogP contribution in [0.2, 0.25) is 0 Å². The molecule has 7 atom stereocenters. The van der Waals surface area contributed by atoms with Crippen molar-refractivity contribution in [3.05, 3.63) is 30.7 Å². The summed E-state index contributed by atoms with van der Waals surface area (Å²) >= 11 is 0. The summed E-state index contributed by atoms with van der Waals surface area (Å²) in [4.78, 5) is 47.9. The number of halogens is 1. The van der Waals surface area contributed by atoms with Crippen molar-refractivity contribution in [3.8, 4) is 0 Å². The van der Waals surface area contributed by atoms with Crippen LogP contribution in [0.15, 0.2) is 30.7 Å². The van der Waals surface area contributed by atoms with Crippen LogP contribution in [0.4, 0.5) is 4.39 Å². The van der Waals surface area contributed by atoms with Gasteiger partial charge in [0.25, 0.3) is 0 Å². The Kier molecular flexibility index (Phi) is 8.51. The molecule has 2 rings (SSSR count). The number of aliphatic hydroxyl groups excluding tert-OH is 2. The Morgan fingerprint density at radius 3 is 2.35 bits per heavy atom. The van der Waals surface area contributed by atoms with Crippen molar-refractivity contribution in [2.75, 3.05) is 13.3 Å². The summed E-state index contributed by atoms with van der Waals surface area (Å²) in [6, 6.07) is 0. The quantitative estimate of drug-likeness (QED) is 0.107. The fraction of sp³-hybridized carbons (Fsp3) is 0.538. The van der Waals surface area contributed by atoms with Gasteiger partial charge in [-0.05, 0) is 6.08 Å². The maximum Gasteiger partial charge on any atom is 0.490 e. The van der Waals surface area contributed by atoms with Crippen molar-refractivity contribution >= 4 is 29.4 Å². The summed E-state index contributed by atoms with van der Waals surface area (Å²) in [6.07, 6.45) is -3.60. The van der Waals surface area contributed by atoms with Gasteiger partial charge in [0.2, 0.25) is 12.3 Å². The number of phosphoric ester groups is 1. The number of hydrogen-bond acceptors (Lipinski definition) is 12. The van der Waals surface area contributed by atoms with Gasteiger partial charge in [0.1, 0.15) is 12.8 Å². The van der Waals surface area contributed by atoms with Crippen molar-refractivity contribution in [3.63, 3.8) is 0 Å². The molecule has 2 aliphatic heterocycles. The van der Waals surface area contributed by atoms with Crippen molar-refractivity contribution in [2.45, 2.75) is 29.9 Å². The van der Waals surface area contributed by atoms with Crippen LogP contribution in [0.5, 0.6) is 0 Å². The van der Waals surface area contributed by atoms with Crippen LogP contribution in [0.1, 0.15) is 0 Å². The molecule has 0 aromatic heterocycles. The van der Waals surface area contributed by atoms with Crippen LogP contribution in [0.25, 0.3) is 0 Å². The summed E-state index contributed by atoms with van der Waals surface area (Å²) in [5.74, 6) is -0.755. The van der Waals surface area contributed by atoms with Crippen LogP contribution in [-0.2, 0) is 36.4 Å². The molecule has 2 aliphatic rings. The normalized spacial score (nSPS) is 35.2. The zero-order valence-corrected chi connectivity index (χ0v) is 19.3. The first-order valence-electron chi connectivity index (χ1n) is 8.64. The number of rotatable bonds is 10. The molecule has 194 valence electrons. The second-order valence-corrected chi connectivity index (χ2v) is 11.2. The van der Waals surface area contributed by atoms with Gasteiger partial charge in [0, 0.05) is 12.3 Å². The summed E-state index contributed by atoms with van der Waals surface area (Å²) < 4.78 is 64.9. The van der Waals surface area contributed by atoms with E-state index in [1.54, 1.807) is 0 Å². The molecular formula is C13H20FN2O15P3. The lowest BCUT2D eigenvalue weighted by Gasteiger charge is -2.39. The number of amides is 1. The minimum absolute atomic E-state index is 0.710. The van der Waals surface area contributed by atoms with Crippen LogP contribution in [0.3, 0.4) is 0 Å². The maximum atomic E-state index is 14.1. The van der Waals surface area contributed by atoms with Gasteiger partial charge in [-0.1, -0.05) is 6.58 Å². The SMILES string of the molecule is C=C=CC1(O)C(N2C=CC(=O)NC2O)OC(CF)(COP(=O)(O)OP(=O)(O)OP(=O)(O)O)C1O. The zero-order valence-electron chi connectivity index (χ0n) is 16.6. The molecule has 34 heavy (non-hydrogen) atoms. The number of nitrogens with one attached hydrogen (secondary N) is 1. The number of phosphoric acid groups is 3. The highest BCUT2D eigenvalue weighted by Crippen LogP contribution is 2.66. The molecule has 0 radical (unpaired) electrons. The van der Waals surface area contributed by atoms with Crippen molar-refractivity contribution in [1.82, 2.24) is 10.2 Å². The van der Waals surface area contributed by atoms with Crippen molar-refractivity contribution < 1.29 is 75.7 Å². The highest BCUT2D eigenvalue weighted by atomic mass is 31.3. The van der Waals surface area contributed by atoms with E-state index in [4.69, 9.17) is 14.5 Å². The monoisotopic (exact) mass is 556 g/mol. The Labute approximate surface area is 189 Å². The summed E-state index contributed by atoms with van der Waals surface area (Å²) in [5, 5.41) is 33.7. The third-order valence-corrected chi connectivity index (χ3v) is 8.13. The molecule has 1 saturated heterocycles. The molecule has 0 saturated carbocycles. The molecule has 1 fully saturated rings. The topological polar surface area (TPSA) is 262 Å². The molecule has 0 bridgehead atoms. The lowest BCUT2D eigenvalue weighted by molar-refractivity contribution is -0.186. The lowest BCUT2D eigenvalue weighted by Crippen LogP contribution is -2.60. The van der Waals surface area contributed by atoms with Crippen LogP contribution in [0, 0.1) is 0 Å².